The number of nitrogens with one attached hydrogen (secondary N) is 1. The van der Waals surface area contributed by atoms with E-state index in [9.17, 15) is 8.42 Å². The van der Waals surface area contributed by atoms with E-state index >= 15 is 0 Å². The van der Waals surface area contributed by atoms with Crippen molar-refractivity contribution >= 4 is 38.8 Å². The molecule has 0 bridgehead atoms. The Morgan fingerprint density at radius 2 is 2.06 bits per heavy atom. The third kappa shape index (κ3) is 2.52. The highest BCUT2D eigenvalue weighted by Gasteiger charge is 2.15. The summed E-state index contributed by atoms with van der Waals surface area (Å²) in [6.45, 7) is 0. The summed E-state index contributed by atoms with van der Waals surface area (Å²) in [5.74, 6) is 0.209. The molecule has 0 radical (unpaired) electrons. The monoisotopic (exact) mass is 274 g/mol. The maximum absolute atomic E-state index is 11.8. The lowest BCUT2D eigenvalue weighted by Crippen LogP contribution is -2.12. The molecule has 0 saturated carbocycles. The fourth-order valence-corrected chi connectivity index (χ4v) is 3.23. The van der Waals surface area contributed by atoms with Crippen LogP contribution in [0.1, 0.15) is 0 Å². The van der Waals surface area contributed by atoms with Gasteiger partial charge in [-0.2, -0.15) is 0 Å². The second kappa shape index (κ2) is 4.40. The van der Waals surface area contributed by atoms with Crippen molar-refractivity contribution in [3.63, 3.8) is 0 Å². The van der Waals surface area contributed by atoms with Gasteiger partial charge in [0.25, 0.3) is 10.0 Å². The van der Waals surface area contributed by atoms with Gasteiger partial charge in [0.05, 0.1) is 0 Å². The predicted molar refractivity (Wildman–Crippen MR) is 64.4 cm³/mol. The number of aromatic nitrogens is 1. The molecular formula is C9H7ClN2O2S2. The molecule has 0 spiro atoms. The topological polar surface area (TPSA) is 59.1 Å². The van der Waals surface area contributed by atoms with E-state index in [2.05, 4.69) is 9.71 Å². The third-order valence-electron chi connectivity index (χ3n) is 1.71. The molecule has 4 nitrogen and oxygen atoms in total. The Morgan fingerprint density at radius 3 is 2.69 bits per heavy atom. The molecule has 84 valence electrons. The van der Waals surface area contributed by atoms with E-state index in [1.807, 2.05) is 0 Å². The van der Waals surface area contributed by atoms with E-state index in [1.54, 1.807) is 23.6 Å². The van der Waals surface area contributed by atoms with Gasteiger partial charge in [0, 0.05) is 0 Å². The molecule has 0 saturated heterocycles. The summed E-state index contributed by atoms with van der Waals surface area (Å²) in [5, 5.41) is 1.94. The van der Waals surface area contributed by atoms with E-state index in [1.165, 1.54) is 12.1 Å². The average Bonchev–Trinajstić information content (AvgIpc) is 2.69. The lowest BCUT2D eigenvalue weighted by Gasteiger charge is -2.04. The maximum Gasteiger partial charge on any atom is 0.272 e. The van der Waals surface area contributed by atoms with Gasteiger partial charge in [-0.25, -0.2) is 13.4 Å². The first kappa shape index (κ1) is 11.4. The summed E-state index contributed by atoms with van der Waals surface area (Å²) in [5.41, 5.74) is 0. The zero-order chi connectivity index (χ0) is 11.6. The van der Waals surface area contributed by atoms with Gasteiger partial charge in [-0.05, 0) is 23.6 Å². The molecular weight excluding hydrogens is 268 g/mol. The largest absolute Gasteiger partial charge is 0.272 e. The molecule has 2 heterocycles. The van der Waals surface area contributed by atoms with Gasteiger partial charge in [-0.15, -0.1) is 11.3 Å². The summed E-state index contributed by atoms with van der Waals surface area (Å²) >= 11 is 6.80. The maximum atomic E-state index is 11.8. The lowest BCUT2D eigenvalue weighted by molar-refractivity contribution is 0.603. The Hall–Kier alpha value is -1.11. The minimum atomic E-state index is -3.54. The van der Waals surface area contributed by atoms with Gasteiger partial charge in [0.15, 0.2) is 0 Å². The van der Waals surface area contributed by atoms with Crippen molar-refractivity contribution < 1.29 is 8.42 Å². The van der Waals surface area contributed by atoms with E-state index in [-0.39, 0.29) is 15.2 Å². The van der Waals surface area contributed by atoms with Crippen LogP contribution in [0.4, 0.5) is 5.82 Å². The Morgan fingerprint density at radius 1 is 1.25 bits per heavy atom. The van der Waals surface area contributed by atoms with Crippen LogP contribution in [-0.2, 0) is 10.0 Å². The fourth-order valence-electron chi connectivity index (χ4n) is 1.07. The summed E-state index contributed by atoms with van der Waals surface area (Å²) in [6, 6.07) is 7.94. The van der Waals surface area contributed by atoms with Crippen LogP contribution in [0, 0.1) is 0 Å². The molecule has 2 rings (SSSR count). The number of sulfonamides is 1. The number of halogens is 1. The average molecular weight is 275 g/mol. The number of rotatable bonds is 3. The SMILES string of the molecule is O=S(=O)(Nc1cccc(Cl)n1)c1cccs1. The molecule has 0 aliphatic heterocycles. The van der Waals surface area contributed by atoms with E-state index in [4.69, 9.17) is 11.6 Å². The fraction of sp³-hybridized carbons (Fsp3) is 0. The van der Waals surface area contributed by atoms with Crippen LogP contribution < -0.4 is 4.72 Å². The summed E-state index contributed by atoms with van der Waals surface area (Å²) < 4.78 is 26.2. The highest BCUT2D eigenvalue weighted by molar-refractivity contribution is 7.94. The van der Waals surface area contributed by atoms with Gasteiger partial charge < -0.3 is 0 Å². The predicted octanol–water partition coefficient (Wildman–Crippen LogP) is 2.60. The molecule has 7 heteroatoms. The number of hydrogen-bond donors (Lipinski definition) is 1. The normalized spacial score (nSPS) is 11.3. The van der Waals surface area contributed by atoms with Crippen LogP contribution in [0.3, 0.4) is 0 Å². The van der Waals surface area contributed by atoms with Crippen LogP contribution in [0.25, 0.3) is 0 Å². The molecule has 0 aliphatic carbocycles. The molecule has 0 aliphatic rings. The lowest BCUT2D eigenvalue weighted by atomic mass is 10.5. The van der Waals surface area contributed by atoms with Crippen LogP contribution in [0.2, 0.25) is 5.15 Å². The number of anilines is 1. The Bertz CT molecular complexity index is 581. The van der Waals surface area contributed by atoms with Crippen LogP contribution >= 0.6 is 22.9 Å². The Labute approximate surface area is 102 Å². The molecule has 0 amide bonds. The van der Waals surface area contributed by atoms with Gasteiger partial charge in [-0.3, -0.25) is 4.72 Å². The summed E-state index contributed by atoms with van der Waals surface area (Å²) in [7, 11) is -3.54. The first-order valence-electron chi connectivity index (χ1n) is 4.27. The molecule has 2 aromatic heterocycles. The van der Waals surface area contributed by atoms with Crippen LogP contribution in [0.15, 0.2) is 39.9 Å². The van der Waals surface area contributed by atoms with E-state index in [0.717, 1.165) is 11.3 Å². The Kier molecular flexibility index (Phi) is 3.13. The second-order valence-corrected chi connectivity index (χ2v) is 6.13. The summed E-state index contributed by atoms with van der Waals surface area (Å²) in [4.78, 5) is 3.85. The molecule has 1 N–H and O–H groups in total. The molecule has 0 aromatic carbocycles. The quantitative estimate of drug-likeness (QED) is 0.875. The van der Waals surface area contributed by atoms with Crippen LogP contribution in [0.5, 0.6) is 0 Å². The summed E-state index contributed by atoms with van der Waals surface area (Å²) in [6.07, 6.45) is 0. The first-order chi connectivity index (χ1) is 7.58. The van der Waals surface area contributed by atoms with Crippen molar-refractivity contribution in [3.8, 4) is 0 Å². The molecule has 0 fully saturated rings. The van der Waals surface area contributed by atoms with Crippen molar-refractivity contribution in [1.82, 2.24) is 4.98 Å². The zero-order valence-electron chi connectivity index (χ0n) is 7.92. The highest BCUT2D eigenvalue weighted by Crippen LogP contribution is 2.19. The molecule has 2 aromatic rings. The third-order valence-corrected chi connectivity index (χ3v) is 4.68. The highest BCUT2D eigenvalue weighted by atomic mass is 35.5. The number of pyridine rings is 1. The van der Waals surface area contributed by atoms with Gasteiger partial charge in [-0.1, -0.05) is 23.7 Å². The smallest absolute Gasteiger partial charge is 0.263 e. The van der Waals surface area contributed by atoms with Crippen molar-refractivity contribution in [2.45, 2.75) is 4.21 Å². The Balaban J connectivity index is 2.29. The molecule has 0 unspecified atom stereocenters. The van der Waals surface area contributed by atoms with Crippen molar-refractivity contribution in [1.29, 1.82) is 0 Å². The minimum Gasteiger partial charge on any atom is -0.263 e. The van der Waals surface area contributed by atoms with Gasteiger partial charge >= 0.3 is 0 Å². The van der Waals surface area contributed by atoms with E-state index in [0.29, 0.717) is 0 Å². The van der Waals surface area contributed by atoms with Gasteiger partial charge in [0.2, 0.25) is 0 Å². The first-order valence-corrected chi connectivity index (χ1v) is 7.01. The second-order valence-electron chi connectivity index (χ2n) is 2.88. The minimum absolute atomic E-state index is 0.209. The number of nitrogens with zero attached hydrogens (tertiary/aromatic N) is 1. The molecule has 0 atom stereocenters. The standard InChI is InChI=1S/C9H7ClN2O2S2/c10-7-3-1-4-8(11-7)12-16(13,14)9-5-2-6-15-9/h1-6H,(H,11,12). The van der Waals surface area contributed by atoms with Crippen molar-refractivity contribution in [2.24, 2.45) is 0 Å². The number of hydrogen-bond acceptors (Lipinski definition) is 4. The van der Waals surface area contributed by atoms with Crippen molar-refractivity contribution in [3.05, 3.63) is 40.9 Å². The van der Waals surface area contributed by atoms with E-state index < -0.39 is 10.0 Å². The molecule has 16 heavy (non-hydrogen) atoms. The zero-order valence-corrected chi connectivity index (χ0v) is 10.3. The van der Waals surface area contributed by atoms with Crippen LogP contribution in [-0.4, -0.2) is 13.4 Å². The number of thiophene rings is 1. The van der Waals surface area contributed by atoms with Crippen molar-refractivity contribution in [2.75, 3.05) is 4.72 Å². The van der Waals surface area contributed by atoms with Gasteiger partial charge in [0.1, 0.15) is 15.2 Å².